The van der Waals surface area contributed by atoms with Crippen molar-refractivity contribution < 1.29 is 60.9 Å². The lowest BCUT2D eigenvalue weighted by atomic mass is 10.3. The van der Waals surface area contributed by atoms with Crippen LogP contribution in [0.4, 0.5) is 26.3 Å². The molecule has 2 N–H and O–H groups in total. The van der Waals surface area contributed by atoms with E-state index in [-0.39, 0.29) is 22.3 Å². The second kappa shape index (κ2) is 8.18. The third-order valence-electron chi connectivity index (χ3n) is 3.39. The fourth-order valence-electron chi connectivity index (χ4n) is 2.08. The van der Waals surface area contributed by atoms with Gasteiger partial charge in [-0.05, 0) is 12.1 Å². The molecule has 0 fully saturated rings. The Hall–Kier alpha value is -2.41. The summed E-state index contributed by atoms with van der Waals surface area (Å²) in [5.74, 6) is -4.67. The molecule has 0 saturated carbocycles. The molecule has 9 nitrogen and oxygen atoms in total. The van der Waals surface area contributed by atoms with Crippen LogP contribution in [0.5, 0.6) is 5.75 Å². The minimum Gasteiger partial charge on any atom is -0.427 e. The Morgan fingerprint density at radius 1 is 0.812 bits per heavy atom. The fraction of sp³-hybridized carbons (Fsp3) is 0.143. The van der Waals surface area contributed by atoms with Crippen molar-refractivity contribution in [3.63, 3.8) is 0 Å². The molecule has 178 valence electrons. The first-order valence-corrected chi connectivity index (χ1v) is 12.0. The second-order valence-corrected chi connectivity index (χ2v) is 10.8. The molecule has 2 aromatic rings. The van der Waals surface area contributed by atoms with E-state index in [9.17, 15) is 51.6 Å². The van der Waals surface area contributed by atoms with Crippen LogP contribution in [0.15, 0.2) is 52.3 Å². The monoisotopic (exact) mass is 529 g/mol. The highest BCUT2D eigenvalue weighted by Gasteiger charge is 2.70. The van der Waals surface area contributed by atoms with Gasteiger partial charge >= 0.3 is 21.4 Å². The van der Waals surface area contributed by atoms with E-state index in [0.717, 1.165) is 12.1 Å². The summed E-state index contributed by atoms with van der Waals surface area (Å²) in [5, 5.41) is -6.39. The molecule has 0 unspecified atom stereocenters. The van der Waals surface area contributed by atoms with Crippen LogP contribution in [0.2, 0.25) is 0 Å². The molecule has 32 heavy (non-hydrogen) atoms. The van der Waals surface area contributed by atoms with Crippen molar-refractivity contribution in [3.05, 3.63) is 54.1 Å². The minimum atomic E-state index is -6.94. The molecule has 2 rings (SSSR count). The average molecular weight is 529 g/mol. The SMILES string of the molecule is O=S(=O)(O)c1ccccc1S(=O)(=O)NS(=O)(=O)C(F)(F)C(F)(F)Oc1cc(F)cc(F)c1. The maximum atomic E-state index is 14.1. The molecule has 0 amide bonds. The third-order valence-corrected chi connectivity index (χ3v) is 8.04. The van der Waals surface area contributed by atoms with Crippen molar-refractivity contribution in [1.82, 2.24) is 4.13 Å². The number of hydrogen-bond acceptors (Lipinski definition) is 7. The van der Waals surface area contributed by atoms with Gasteiger partial charge in [-0.2, -0.15) is 26.0 Å². The van der Waals surface area contributed by atoms with E-state index in [1.54, 1.807) is 0 Å². The molecule has 0 heterocycles. The Bertz CT molecular complexity index is 1340. The van der Waals surface area contributed by atoms with E-state index < -0.39 is 68.7 Å². The average Bonchev–Trinajstić information content (AvgIpc) is 2.58. The summed E-state index contributed by atoms with van der Waals surface area (Å²) in [6, 6.07) is 2.64. The van der Waals surface area contributed by atoms with E-state index in [4.69, 9.17) is 4.55 Å². The number of sulfonamides is 2. The van der Waals surface area contributed by atoms with E-state index >= 15 is 0 Å². The quantitative estimate of drug-likeness (QED) is 0.391. The molecular formula is C14H9F6NO8S3. The lowest BCUT2D eigenvalue weighted by molar-refractivity contribution is -0.273. The Kier molecular flexibility index (Phi) is 6.60. The number of benzene rings is 2. The van der Waals surface area contributed by atoms with Gasteiger partial charge in [-0.25, -0.2) is 25.6 Å². The van der Waals surface area contributed by atoms with Crippen LogP contribution < -0.4 is 8.86 Å². The van der Waals surface area contributed by atoms with Gasteiger partial charge in [-0.1, -0.05) is 16.3 Å². The molecule has 0 aromatic heterocycles. The zero-order valence-electron chi connectivity index (χ0n) is 14.8. The first kappa shape index (κ1) is 25.8. The van der Waals surface area contributed by atoms with Gasteiger partial charge in [0.25, 0.3) is 20.1 Å². The first-order chi connectivity index (χ1) is 14.3. The summed E-state index contributed by atoms with van der Waals surface area (Å²) in [5.41, 5.74) is 0. The molecule has 0 saturated heterocycles. The van der Waals surface area contributed by atoms with Gasteiger partial charge in [0.1, 0.15) is 27.2 Å². The van der Waals surface area contributed by atoms with Crippen LogP contribution in [0, 0.1) is 11.6 Å². The number of halogens is 6. The fourth-order valence-corrected chi connectivity index (χ4v) is 6.17. The van der Waals surface area contributed by atoms with E-state index in [1.165, 1.54) is 0 Å². The highest BCUT2D eigenvalue weighted by molar-refractivity contribution is 8.05. The lowest BCUT2D eigenvalue weighted by Gasteiger charge is -2.26. The van der Waals surface area contributed by atoms with Crippen LogP contribution in [-0.2, 0) is 30.2 Å². The number of hydrogen-bond donors (Lipinski definition) is 2. The van der Waals surface area contributed by atoms with E-state index in [1.807, 2.05) is 0 Å². The number of nitrogens with one attached hydrogen (secondary N) is 1. The predicted molar refractivity (Wildman–Crippen MR) is 92.4 cm³/mol. The van der Waals surface area contributed by atoms with Crippen LogP contribution in [-0.4, -0.2) is 41.2 Å². The molecule has 2 aromatic carbocycles. The summed E-state index contributed by atoms with van der Waals surface area (Å²) in [7, 11) is -18.1. The molecular weight excluding hydrogens is 520 g/mol. The lowest BCUT2D eigenvalue weighted by Crippen LogP contribution is -2.55. The smallest absolute Gasteiger partial charge is 0.427 e. The molecule has 0 aliphatic rings. The van der Waals surface area contributed by atoms with E-state index in [0.29, 0.717) is 12.1 Å². The van der Waals surface area contributed by atoms with Crippen LogP contribution >= 0.6 is 0 Å². The van der Waals surface area contributed by atoms with Gasteiger partial charge in [0.15, 0.2) is 0 Å². The molecule has 0 atom stereocenters. The topological polar surface area (TPSA) is 144 Å². The van der Waals surface area contributed by atoms with Crippen LogP contribution in [0.3, 0.4) is 0 Å². The second-order valence-electron chi connectivity index (χ2n) is 5.75. The van der Waals surface area contributed by atoms with Gasteiger partial charge in [-0.3, -0.25) is 4.55 Å². The molecule has 0 radical (unpaired) electrons. The van der Waals surface area contributed by atoms with Crippen molar-refractivity contribution in [2.75, 3.05) is 0 Å². The molecule has 18 heteroatoms. The van der Waals surface area contributed by atoms with Crippen molar-refractivity contribution in [1.29, 1.82) is 0 Å². The highest BCUT2D eigenvalue weighted by Crippen LogP contribution is 2.40. The van der Waals surface area contributed by atoms with Gasteiger partial charge in [0.2, 0.25) is 0 Å². The molecule has 0 bridgehead atoms. The normalized spacial score (nSPS) is 13.7. The summed E-state index contributed by atoms with van der Waals surface area (Å²) in [6.07, 6.45) is -6.09. The highest BCUT2D eigenvalue weighted by atomic mass is 32.3. The number of ether oxygens (including phenoxy) is 1. The maximum absolute atomic E-state index is 14.1. The zero-order valence-corrected chi connectivity index (χ0v) is 17.3. The molecule has 0 aliphatic carbocycles. The van der Waals surface area contributed by atoms with Gasteiger partial charge in [0.05, 0.1) is 0 Å². The standard InChI is InChI=1S/C14H9F6NO8S3/c15-8-5-9(16)7-10(6-8)29-13(17,18)14(19,20)32(27,28)21-30(22,23)11-3-1-2-4-12(11)31(24,25)26/h1-7,21H,(H,24,25,26). The van der Waals surface area contributed by atoms with Crippen molar-refractivity contribution >= 4 is 30.2 Å². The summed E-state index contributed by atoms with van der Waals surface area (Å²) >= 11 is 0. The van der Waals surface area contributed by atoms with Gasteiger partial charge < -0.3 is 4.74 Å². The Morgan fingerprint density at radius 3 is 1.75 bits per heavy atom. The van der Waals surface area contributed by atoms with Gasteiger partial charge in [0, 0.05) is 18.2 Å². The third kappa shape index (κ3) is 5.14. The summed E-state index contributed by atoms with van der Waals surface area (Å²) in [4.78, 5) is -3.03. The molecule has 0 spiro atoms. The van der Waals surface area contributed by atoms with Crippen molar-refractivity contribution in [2.45, 2.75) is 21.2 Å². The largest absolute Gasteiger partial charge is 0.482 e. The van der Waals surface area contributed by atoms with Gasteiger partial charge in [-0.15, -0.1) is 0 Å². The summed E-state index contributed by atoms with van der Waals surface area (Å²) in [6.45, 7) is 0. The predicted octanol–water partition coefficient (Wildman–Crippen LogP) is 2.08. The van der Waals surface area contributed by atoms with Crippen LogP contribution in [0.25, 0.3) is 0 Å². The number of rotatable bonds is 8. The maximum Gasteiger partial charge on any atom is 0.482 e. The van der Waals surface area contributed by atoms with Crippen molar-refractivity contribution in [3.8, 4) is 5.75 Å². The Balaban J connectivity index is 2.48. The Labute approximate surface area is 176 Å². The zero-order chi connectivity index (χ0) is 24.8. The van der Waals surface area contributed by atoms with Crippen molar-refractivity contribution in [2.24, 2.45) is 0 Å². The summed E-state index contributed by atoms with van der Waals surface area (Å²) < 4.78 is 165. The Morgan fingerprint density at radius 2 is 1.28 bits per heavy atom. The van der Waals surface area contributed by atoms with E-state index in [2.05, 4.69) is 4.74 Å². The first-order valence-electron chi connectivity index (χ1n) is 7.55. The minimum absolute atomic E-state index is 0.00617. The number of alkyl halides is 4. The van der Waals surface area contributed by atoms with Crippen LogP contribution in [0.1, 0.15) is 0 Å². The molecule has 0 aliphatic heterocycles.